The fourth-order valence-electron chi connectivity index (χ4n) is 2.99. The van der Waals surface area contributed by atoms with Gasteiger partial charge in [-0.2, -0.15) is 0 Å². The fourth-order valence-corrected chi connectivity index (χ4v) is 3.41. The summed E-state index contributed by atoms with van der Waals surface area (Å²) in [7, 11) is 0. The zero-order valence-corrected chi connectivity index (χ0v) is 14.8. The molecule has 0 heterocycles. The van der Waals surface area contributed by atoms with E-state index in [4.69, 9.17) is 0 Å². The second-order valence-corrected chi connectivity index (χ2v) is 8.20. The third-order valence-corrected chi connectivity index (χ3v) is 3.69. The molecule has 0 amide bonds. The topological polar surface area (TPSA) is 12.0 Å². The van der Waals surface area contributed by atoms with Crippen LogP contribution in [-0.2, 0) is 0 Å². The average Bonchev–Trinajstić information content (AvgIpc) is 2.22. The van der Waals surface area contributed by atoms with Crippen LogP contribution in [-0.4, -0.2) is 5.54 Å². The Bertz CT molecular complexity index is 404. The number of rotatable bonds is 5. The number of benzene rings is 1. The van der Waals surface area contributed by atoms with Gasteiger partial charge in [0.1, 0.15) is 0 Å². The minimum atomic E-state index is 0.140. The Morgan fingerprint density at radius 3 is 2.26 bits per heavy atom. The normalized spacial score (nSPS) is 14.5. The lowest BCUT2D eigenvalue weighted by atomic mass is 9.81. The Labute approximate surface area is 127 Å². The summed E-state index contributed by atoms with van der Waals surface area (Å²) in [4.78, 5) is 0. The first-order valence-corrected chi connectivity index (χ1v) is 7.95. The van der Waals surface area contributed by atoms with Crippen molar-refractivity contribution < 1.29 is 0 Å². The van der Waals surface area contributed by atoms with Crippen molar-refractivity contribution in [1.82, 2.24) is 5.32 Å². The van der Waals surface area contributed by atoms with E-state index in [1.54, 1.807) is 0 Å². The van der Waals surface area contributed by atoms with E-state index in [0.29, 0.717) is 11.5 Å². The van der Waals surface area contributed by atoms with Crippen LogP contribution in [0.3, 0.4) is 0 Å². The first kappa shape index (κ1) is 16.7. The van der Waals surface area contributed by atoms with Gasteiger partial charge in [0.05, 0.1) is 0 Å². The summed E-state index contributed by atoms with van der Waals surface area (Å²) in [6.07, 6.45) is 2.26. The molecule has 1 atom stereocenters. The number of hydrogen-bond donors (Lipinski definition) is 1. The van der Waals surface area contributed by atoms with Gasteiger partial charge in [0.25, 0.3) is 0 Å². The van der Waals surface area contributed by atoms with Crippen molar-refractivity contribution in [2.75, 3.05) is 0 Å². The largest absolute Gasteiger partial charge is 0.305 e. The van der Waals surface area contributed by atoms with E-state index in [1.807, 2.05) is 0 Å². The molecule has 1 nitrogen and oxygen atoms in total. The highest BCUT2D eigenvalue weighted by atomic mass is 79.9. The standard InChI is InChI=1S/C17H28BrN/c1-7-15(13-9-8-10-14(18)11-13)19-17(5,6)12-16(2,3)4/h8-11,15,19H,7,12H2,1-6H3. The predicted octanol–water partition coefficient (Wildman–Crippen LogP) is 5.70. The van der Waals surface area contributed by atoms with Crippen molar-refractivity contribution >= 4 is 15.9 Å². The van der Waals surface area contributed by atoms with Crippen molar-refractivity contribution in [3.8, 4) is 0 Å². The van der Waals surface area contributed by atoms with Gasteiger partial charge in [-0.3, -0.25) is 0 Å². The van der Waals surface area contributed by atoms with Gasteiger partial charge in [-0.25, -0.2) is 0 Å². The minimum absolute atomic E-state index is 0.140. The summed E-state index contributed by atoms with van der Waals surface area (Å²) in [5.41, 5.74) is 1.84. The van der Waals surface area contributed by atoms with Gasteiger partial charge in [0.2, 0.25) is 0 Å². The maximum atomic E-state index is 3.82. The molecule has 0 bridgehead atoms. The van der Waals surface area contributed by atoms with Gasteiger partial charge in [-0.05, 0) is 49.8 Å². The molecule has 0 aliphatic heterocycles. The molecule has 1 rings (SSSR count). The van der Waals surface area contributed by atoms with Crippen molar-refractivity contribution in [2.24, 2.45) is 5.41 Å². The average molecular weight is 326 g/mol. The summed E-state index contributed by atoms with van der Waals surface area (Å²) in [5, 5.41) is 3.82. The molecule has 108 valence electrons. The Balaban J connectivity index is 2.82. The molecule has 0 saturated heterocycles. The lowest BCUT2D eigenvalue weighted by molar-refractivity contribution is 0.220. The SMILES string of the molecule is CCC(NC(C)(C)CC(C)(C)C)c1cccc(Br)c1. The van der Waals surface area contributed by atoms with E-state index in [0.717, 1.165) is 17.3 Å². The molecule has 0 fully saturated rings. The zero-order valence-electron chi connectivity index (χ0n) is 13.2. The number of nitrogens with one attached hydrogen (secondary N) is 1. The Kier molecular flexibility index (Phi) is 5.64. The van der Waals surface area contributed by atoms with Gasteiger partial charge in [0.15, 0.2) is 0 Å². The monoisotopic (exact) mass is 325 g/mol. The lowest BCUT2D eigenvalue weighted by Gasteiger charge is -2.37. The van der Waals surface area contributed by atoms with E-state index < -0.39 is 0 Å². The molecule has 0 aromatic heterocycles. The maximum Gasteiger partial charge on any atom is 0.0322 e. The van der Waals surface area contributed by atoms with Gasteiger partial charge < -0.3 is 5.32 Å². The Morgan fingerprint density at radius 2 is 1.79 bits per heavy atom. The van der Waals surface area contributed by atoms with Crippen molar-refractivity contribution in [1.29, 1.82) is 0 Å². The third-order valence-electron chi connectivity index (χ3n) is 3.20. The summed E-state index contributed by atoms with van der Waals surface area (Å²) in [6.45, 7) is 13.8. The summed E-state index contributed by atoms with van der Waals surface area (Å²) < 4.78 is 1.15. The van der Waals surface area contributed by atoms with Crippen LogP contribution in [0, 0.1) is 5.41 Å². The Hall–Kier alpha value is -0.340. The molecule has 0 aliphatic rings. The first-order valence-electron chi connectivity index (χ1n) is 7.16. The van der Waals surface area contributed by atoms with Crippen molar-refractivity contribution in [2.45, 2.75) is 66.0 Å². The molecular weight excluding hydrogens is 298 g/mol. The van der Waals surface area contributed by atoms with E-state index in [2.05, 4.69) is 87.1 Å². The molecule has 1 N–H and O–H groups in total. The third kappa shape index (κ3) is 6.09. The Morgan fingerprint density at radius 1 is 1.16 bits per heavy atom. The quantitative estimate of drug-likeness (QED) is 0.731. The number of halogens is 1. The van der Waals surface area contributed by atoms with Gasteiger partial charge in [0, 0.05) is 16.1 Å². The van der Waals surface area contributed by atoms with Crippen LogP contribution < -0.4 is 5.32 Å². The molecule has 1 aromatic rings. The smallest absolute Gasteiger partial charge is 0.0322 e. The molecule has 2 heteroatoms. The van der Waals surface area contributed by atoms with Crippen molar-refractivity contribution in [3.05, 3.63) is 34.3 Å². The molecule has 0 aliphatic carbocycles. The summed E-state index contributed by atoms with van der Waals surface area (Å²) >= 11 is 3.56. The molecule has 0 saturated carbocycles. The minimum Gasteiger partial charge on any atom is -0.305 e. The number of hydrogen-bond acceptors (Lipinski definition) is 1. The van der Waals surface area contributed by atoms with Crippen LogP contribution in [0.5, 0.6) is 0 Å². The maximum absolute atomic E-state index is 3.82. The molecule has 1 aromatic carbocycles. The molecule has 19 heavy (non-hydrogen) atoms. The summed E-state index contributed by atoms with van der Waals surface area (Å²) in [5.74, 6) is 0. The second-order valence-electron chi connectivity index (χ2n) is 7.28. The van der Waals surface area contributed by atoms with Crippen LogP contribution in [0.25, 0.3) is 0 Å². The van der Waals surface area contributed by atoms with E-state index in [9.17, 15) is 0 Å². The van der Waals surface area contributed by atoms with Crippen LogP contribution in [0.2, 0.25) is 0 Å². The van der Waals surface area contributed by atoms with E-state index >= 15 is 0 Å². The van der Waals surface area contributed by atoms with Gasteiger partial charge >= 0.3 is 0 Å². The highest BCUT2D eigenvalue weighted by Gasteiger charge is 2.27. The van der Waals surface area contributed by atoms with Gasteiger partial charge in [-0.15, -0.1) is 0 Å². The first-order chi connectivity index (χ1) is 8.63. The molecule has 1 unspecified atom stereocenters. The highest BCUT2D eigenvalue weighted by molar-refractivity contribution is 9.10. The molecule has 0 spiro atoms. The fraction of sp³-hybridized carbons (Fsp3) is 0.647. The van der Waals surface area contributed by atoms with E-state index in [-0.39, 0.29) is 5.54 Å². The second kappa shape index (κ2) is 6.41. The molecule has 0 radical (unpaired) electrons. The van der Waals surface area contributed by atoms with Crippen molar-refractivity contribution in [3.63, 3.8) is 0 Å². The molecular formula is C17H28BrN. The zero-order chi connectivity index (χ0) is 14.7. The lowest BCUT2D eigenvalue weighted by Crippen LogP contribution is -2.44. The van der Waals surface area contributed by atoms with Crippen LogP contribution in [0.1, 0.15) is 66.0 Å². The van der Waals surface area contributed by atoms with Crippen LogP contribution in [0.15, 0.2) is 28.7 Å². The van der Waals surface area contributed by atoms with Gasteiger partial charge in [-0.1, -0.05) is 55.8 Å². The summed E-state index contributed by atoms with van der Waals surface area (Å²) in [6, 6.07) is 9.03. The predicted molar refractivity (Wildman–Crippen MR) is 88.5 cm³/mol. The van der Waals surface area contributed by atoms with Crippen LogP contribution >= 0.6 is 15.9 Å². The highest BCUT2D eigenvalue weighted by Crippen LogP contribution is 2.30. The van der Waals surface area contributed by atoms with E-state index in [1.165, 1.54) is 5.56 Å². The van der Waals surface area contributed by atoms with Crippen LogP contribution in [0.4, 0.5) is 0 Å².